The molecule has 5 rings (SSSR count). The molecule has 32 heavy (non-hydrogen) atoms. The Labute approximate surface area is 197 Å². The molecule has 2 bridgehead atoms. The maximum Gasteiger partial charge on any atom is 0.258 e. The van der Waals surface area contributed by atoms with E-state index in [1.807, 2.05) is 0 Å². The van der Waals surface area contributed by atoms with Gasteiger partial charge >= 0.3 is 0 Å². The second-order valence-electron chi connectivity index (χ2n) is 9.33. The van der Waals surface area contributed by atoms with Crippen molar-refractivity contribution in [3.05, 3.63) is 28.2 Å². The van der Waals surface area contributed by atoms with Gasteiger partial charge < -0.3 is 31.1 Å². The highest BCUT2D eigenvalue weighted by Gasteiger charge is 2.55. The molecule has 4 aliphatic rings. The van der Waals surface area contributed by atoms with E-state index in [4.69, 9.17) is 27.9 Å². The van der Waals surface area contributed by atoms with E-state index in [0.29, 0.717) is 60.5 Å². The van der Waals surface area contributed by atoms with E-state index in [-0.39, 0.29) is 24.5 Å². The van der Waals surface area contributed by atoms with Crippen molar-refractivity contribution in [2.24, 2.45) is 0 Å². The number of piperazine rings is 1. The van der Waals surface area contributed by atoms with Crippen LogP contribution in [0.5, 0.6) is 5.75 Å². The number of benzene rings is 1. The zero-order chi connectivity index (χ0) is 22.9. The summed E-state index contributed by atoms with van der Waals surface area (Å²) in [5.41, 5.74) is -1.12. The third-order valence-electron chi connectivity index (χ3n) is 7.02. The molecule has 176 valence electrons. The van der Waals surface area contributed by atoms with Gasteiger partial charge in [-0.3, -0.25) is 9.59 Å². The first-order chi connectivity index (χ1) is 15.2. The van der Waals surface area contributed by atoms with Gasteiger partial charge in [-0.15, -0.1) is 0 Å². The van der Waals surface area contributed by atoms with Crippen LogP contribution in [0.15, 0.2) is 18.2 Å². The summed E-state index contributed by atoms with van der Waals surface area (Å²) in [6.45, 7) is 3.21. The van der Waals surface area contributed by atoms with Crippen LogP contribution < -0.4 is 26.0 Å². The van der Waals surface area contributed by atoms with Crippen molar-refractivity contribution in [2.45, 2.75) is 68.3 Å². The highest BCUT2D eigenvalue weighted by atomic mass is 35.5. The molecule has 2 amide bonds. The summed E-state index contributed by atoms with van der Waals surface area (Å²) in [5.74, 6) is 0.104. The number of carbonyl (C=O) groups excluding carboxylic acids is 2. The molecule has 0 spiro atoms. The fourth-order valence-corrected chi connectivity index (χ4v) is 5.30. The lowest BCUT2D eigenvalue weighted by molar-refractivity contribution is -0.137. The van der Waals surface area contributed by atoms with Crippen LogP contribution in [0, 0.1) is 0 Å². The number of hydrogen-bond acceptors (Lipinski definition) is 6. The Morgan fingerprint density at radius 3 is 2.50 bits per heavy atom. The monoisotopic (exact) mass is 484 g/mol. The number of rotatable bonds is 6. The van der Waals surface area contributed by atoms with Crippen molar-refractivity contribution >= 4 is 35.0 Å². The molecule has 0 aromatic heterocycles. The van der Waals surface area contributed by atoms with Crippen LogP contribution in [0.2, 0.25) is 10.0 Å². The van der Waals surface area contributed by atoms with Crippen molar-refractivity contribution in [3.8, 4) is 5.75 Å². The molecular weight excluding hydrogens is 455 g/mol. The normalized spacial score (nSPS) is 34.1. The number of fused-ring (bicyclic) bond motifs is 3. The topological polar surface area (TPSA) is 112 Å². The first-order valence-electron chi connectivity index (χ1n) is 11.1. The number of aliphatic hydroxyl groups is 1. The third-order valence-corrected chi connectivity index (χ3v) is 7.76. The van der Waals surface area contributed by atoms with Crippen LogP contribution in [0.1, 0.15) is 39.0 Å². The van der Waals surface area contributed by atoms with Crippen molar-refractivity contribution in [2.75, 3.05) is 19.7 Å². The average Bonchev–Trinajstić information content (AvgIpc) is 2.76. The van der Waals surface area contributed by atoms with Gasteiger partial charge in [0.25, 0.3) is 5.91 Å². The molecule has 0 radical (unpaired) electrons. The summed E-state index contributed by atoms with van der Waals surface area (Å²) in [4.78, 5) is 25.3. The molecule has 4 fully saturated rings. The minimum atomic E-state index is -0.739. The quantitative estimate of drug-likeness (QED) is 0.416. The number of ether oxygens (including phenoxy) is 1. The maximum absolute atomic E-state index is 12.8. The van der Waals surface area contributed by atoms with Crippen molar-refractivity contribution in [1.29, 1.82) is 0 Å². The van der Waals surface area contributed by atoms with E-state index < -0.39 is 17.2 Å². The van der Waals surface area contributed by atoms with Crippen LogP contribution in [-0.2, 0) is 9.59 Å². The van der Waals surface area contributed by atoms with Gasteiger partial charge in [0.1, 0.15) is 5.75 Å². The zero-order valence-electron chi connectivity index (χ0n) is 18.0. The van der Waals surface area contributed by atoms with Crippen molar-refractivity contribution in [3.63, 3.8) is 0 Å². The smallest absolute Gasteiger partial charge is 0.258 e. The molecule has 10 heteroatoms. The van der Waals surface area contributed by atoms with E-state index in [0.717, 1.165) is 6.54 Å². The minimum Gasteiger partial charge on any atom is -0.484 e. The Bertz CT molecular complexity index is 867. The Kier molecular flexibility index (Phi) is 6.89. The Balaban J connectivity index is 1.30. The number of carbonyl (C=O) groups is 2. The van der Waals surface area contributed by atoms with E-state index >= 15 is 0 Å². The molecule has 8 nitrogen and oxygen atoms in total. The first-order valence-corrected chi connectivity index (χ1v) is 11.8. The average molecular weight is 485 g/mol. The molecule has 5 N–H and O–H groups in total. The summed E-state index contributed by atoms with van der Waals surface area (Å²) >= 11 is 11.9. The zero-order valence-corrected chi connectivity index (χ0v) is 19.6. The second kappa shape index (κ2) is 9.35. The SMILES string of the molecule is CC1CNC(C(=O)NC23CCC(NC(=O)COc4ccc(Cl)c(Cl)c4)(CC2)[C@@H](O)C3)CN1. The Hall–Kier alpha value is -1.58. The number of halogens is 2. The molecule has 1 saturated heterocycles. The fraction of sp³-hybridized carbons (Fsp3) is 0.636. The molecule has 1 aromatic rings. The largest absolute Gasteiger partial charge is 0.484 e. The highest BCUT2D eigenvalue weighted by molar-refractivity contribution is 6.42. The first kappa shape index (κ1) is 23.6. The number of aliphatic hydroxyl groups excluding tert-OH is 1. The maximum atomic E-state index is 12.8. The molecular formula is C22H30Cl2N4O4. The summed E-state index contributed by atoms with van der Waals surface area (Å²) < 4.78 is 5.52. The second-order valence-corrected chi connectivity index (χ2v) is 10.1. The lowest BCUT2D eigenvalue weighted by Crippen LogP contribution is -2.71. The van der Waals surface area contributed by atoms with Crippen LogP contribution in [-0.4, -0.2) is 65.9 Å². The van der Waals surface area contributed by atoms with Gasteiger partial charge in [0, 0.05) is 30.7 Å². The number of amides is 2. The summed E-state index contributed by atoms with van der Waals surface area (Å²) in [5, 5.41) is 24.4. The van der Waals surface area contributed by atoms with Crippen LogP contribution in [0.4, 0.5) is 0 Å². The van der Waals surface area contributed by atoms with E-state index in [2.05, 4.69) is 28.2 Å². The summed E-state index contributed by atoms with van der Waals surface area (Å²) in [6.07, 6.45) is 2.29. The Morgan fingerprint density at radius 1 is 1.12 bits per heavy atom. The highest BCUT2D eigenvalue weighted by Crippen LogP contribution is 2.47. The molecule has 3 saturated carbocycles. The molecule has 1 aliphatic heterocycles. The molecule has 1 heterocycles. The van der Waals surface area contributed by atoms with Crippen LogP contribution >= 0.6 is 23.2 Å². The van der Waals surface area contributed by atoms with Crippen LogP contribution in [0.3, 0.4) is 0 Å². The van der Waals surface area contributed by atoms with Gasteiger partial charge in [0.2, 0.25) is 5.91 Å². The van der Waals surface area contributed by atoms with E-state index in [1.54, 1.807) is 18.2 Å². The van der Waals surface area contributed by atoms with Gasteiger partial charge in [0.15, 0.2) is 6.61 Å². The Morgan fingerprint density at radius 2 is 1.88 bits per heavy atom. The molecule has 1 aromatic carbocycles. The van der Waals surface area contributed by atoms with Gasteiger partial charge in [-0.05, 0) is 51.2 Å². The number of hydrogen-bond donors (Lipinski definition) is 5. The molecule has 3 aliphatic carbocycles. The summed E-state index contributed by atoms with van der Waals surface area (Å²) in [6, 6.07) is 4.87. The van der Waals surface area contributed by atoms with E-state index in [9.17, 15) is 14.7 Å². The van der Waals surface area contributed by atoms with Crippen LogP contribution in [0.25, 0.3) is 0 Å². The lowest BCUT2D eigenvalue weighted by atomic mass is 9.59. The minimum absolute atomic E-state index is 0.0370. The van der Waals surface area contributed by atoms with Gasteiger partial charge in [-0.2, -0.15) is 0 Å². The predicted molar refractivity (Wildman–Crippen MR) is 122 cm³/mol. The number of nitrogens with one attached hydrogen (secondary N) is 4. The van der Waals surface area contributed by atoms with Gasteiger partial charge in [-0.1, -0.05) is 23.2 Å². The van der Waals surface area contributed by atoms with Gasteiger partial charge in [0.05, 0.1) is 27.7 Å². The predicted octanol–water partition coefficient (Wildman–Crippen LogP) is 1.37. The standard InChI is InChI=1S/C22H30Cl2N4O4/c1-13-10-26-17(11-25-13)20(31)28-21-4-6-22(7-5-21,18(29)9-21)27-19(30)12-32-14-2-3-15(23)16(24)8-14/h2-3,8,13,17-18,25-26,29H,4-7,9-12H2,1H3,(H,27,30)(H,28,31)/t13?,17?,18-,21?,22?/m0/s1. The molecule has 3 atom stereocenters. The van der Waals surface area contributed by atoms with Crippen molar-refractivity contribution in [1.82, 2.24) is 21.3 Å². The van der Waals surface area contributed by atoms with Crippen molar-refractivity contribution < 1.29 is 19.4 Å². The third kappa shape index (κ3) is 4.99. The summed E-state index contributed by atoms with van der Waals surface area (Å²) in [7, 11) is 0. The fourth-order valence-electron chi connectivity index (χ4n) is 5.01. The molecule has 2 unspecified atom stereocenters. The lowest BCUT2D eigenvalue weighted by Gasteiger charge is -2.56. The van der Waals surface area contributed by atoms with E-state index in [1.165, 1.54) is 0 Å². The van der Waals surface area contributed by atoms with Gasteiger partial charge in [-0.25, -0.2) is 0 Å².